The molecule has 1 fully saturated rings. The molecule has 5 heteroatoms. The fourth-order valence-corrected chi connectivity index (χ4v) is 2.90. The number of carbonyl (C=O) groups excluding carboxylic acids is 1. The van der Waals surface area contributed by atoms with Crippen molar-refractivity contribution < 1.29 is 19.1 Å². The summed E-state index contributed by atoms with van der Waals surface area (Å²) >= 11 is 0. The Kier molecular flexibility index (Phi) is 4.94. The Morgan fingerprint density at radius 1 is 1.19 bits per heavy atom. The van der Waals surface area contributed by atoms with Gasteiger partial charge in [-0.3, -0.25) is 9.59 Å². The quantitative estimate of drug-likeness (QED) is 0.897. The highest BCUT2D eigenvalue weighted by atomic mass is 19.1. The Hall–Kier alpha value is -1.91. The van der Waals surface area contributed by atoms with Crippen LogP contribution in [0, 0.1) is 17.7 Å². The van der Waals surface area contributed by atoms with Gasteiger partial charge in [0.05, 0.1) is 17.9 Å². The van der Waals surface area contributed by atoms with Crippen LogP contribution in [-0.2, 0) is 9.59 Å². The van der Waals surface area contributed by atoms with Gasteiger partial charge in [-0.15, -0.1) is 0 Å². The van der Waals surface area contributed by atoms with Crippen LogP contribution in [0.4, 0.5) is 4.39 Å². The number of amides is 1. The van der Waals surface area contributed by atoms with Crippen LogP contribution in [0.25, 0.3) is 0 Å². The van der Waals surface area contributed by atoms with E-state index in [1.54, 1.807) is 12.1 Å². The van der Waals surface area contributed by atoms with Crippen molar-refractivity contribution >= 4 is 11.9 Å². The van der Waals surface area contributed by atoms with E-state index in [1.807, 2.05) is 6.92 Å². The standard InChI is InChI=1S/C16H20FNO3/c1-10(11-6-8-12(17)9-7-11)18-15(19)13-4-2-3-5-14(13)16(20)21/h6-10,13-14H,2-5H2,1H3,(H,18,19)(H,20,21). The molecule has 21 heavy (non-hydrogen) atoms. The summed E-state index contributed by atoms with van der Waals surface area (Å²) in [6, 6.07) is 5.66. The van der Waals surface area contributed by atoms with Gasteiger partial charge in [-0.2, -0.15) is 0 Å². The van der Waals surface area contributed by atoms with Crippen molar-refractivity contribution in [3.05, 3.63) is 35.6 Å². The van der Waals surface area contributed by atoms with Gasteiger partial charge >= 0.3 is 5.97 Å². The van der Waals surface area contributed by atoms with Crippen LogP contribution in [0.3, 0.4) is 0 Å². The number of aliphatic carboxylic acids is 1. The van der Waals surface area contributed by atoms with Crippen molar-refractivity contribution in [1.29, 1.82) is 0 Å². The van der Waals surface area contributed by atoms with E-state index in [1.165, 1.54) is 12.1 Å². The van der Waals surface area contributed by atoms with E-state index in [2.05, 4.69) is 5.32 Å². The van der Waals surface area contributed by atoms with E-state index < -0.39 is 17.8 Å². The van der Waals surface area contributed by atoms with Crippen molar-refractivity contribution in [3.8, 4) is 0 Å². The molecule has 3 unspecified atom stereocenters. The first-order valence-electron chi connectivity index (χ1n) is 7.27. The monoisotopic (exact) mass is 293 g/mol. The molecule has 1 aromatic rings. The Bertz CT molecular complexity index is 515. The SMILES string of the molecule is CC(NC(=O)C1CCCCC1C(=O)O)c1ccc(F)cc1. The smallest absolute Gasteiger partial charge is 0.307 e. The van der Waals surface area contributed by atoms with Gasteiger partial charge in [-0.1, -0.05) is 25.0 Å². The molecule has 1 aliphatic rings. The summed E-state index contributed by atoms with van der Waals surface area (Å²) in [6.45, 7) is 1.81. The van der Waals surface area contributed by atoms with Gasteiger partial charge in [0.15, 0.2) is 0 Å². The summed E-state index contributed by atoms with van der Waals surface area (Å²) in [5.41, 5.74) is 0.799. The van der Waals surface area contributed by atoms with Crippen molar-refractivity contribution in [2.45, 2.75) is 38.6 Å². The molecule has 0 radical (unpaired) electrons. The molecule has 4 nitrogen and oxygen atoms in total. The Labute approximate surface area is 123 Å². The number of hydrogen-bond acceptors (Lipinski definition) is 2. The number of rotatable bonds is 4. The van der Waals surface area contributed by atoms with Crippen molar-refractivity contribution in [2.24, 2.45) is 11.8 Å². The lowest BCUT2D eigenvalue weighted by Crippen LogP contribution is -2.40. The van der Waals surface area contributed by atoms with E-state index in [0.717, 1.165) is 18.4 Å². The summed E-state index contributed by atoms with van der Waals surface area (Å²) in [4.78, 5) is 23.6. The Morgan fingerprint density at radius 2 is 1.76 bits per heavy atom. The summed E-state index contributed by atoms with van der Waals surface area (Å²) in [5, 5.41) is 12.1. The summed E-state index contributed by atoms with van der Waals surface area (Å²) in [7, 11) is 0. The number of carboxylic acid groups (broad SMARTS) is 1. The van der Waals surface area contributed by atoms with Crippen LogP contribution in [0.15, 0.2) is 24.3 Å². The minimum absolute atomic E-state index is 0.223. The summed E-state index contributed by atoms with van der Waals surface area (Å²) in [5.74, 6) is -2.52. The predicted octanol–water partition coefficient (Wildman–Crippen LogP) is 2.89. The molecular weight excluding hydrogens is 273 g/mol. The fraction of sp³-hybridized carbons (Fsp3) is 0.500. The van der Waals surface area contributed by atoms with Gasteiger partial charge in [0.1, 0.15) is 5.82 Å². The predicted molar refractivity (Wildman–Crippen MR) is 76.0 cm³/mol. The van der Waals surface area contributed by atoms with Crippen LogP contribution in [0.1, 0.15) is 44.2 Å². The molecule has 0 aliphatic heterocycles. The highest BCUT2D eigenvalue weighted by Gasteiger charge is 2.36. The summed E-state index contributed by atoms with van der Waals surface area (Å²) < 4.78 is 12.9. The molecule has 2 rings (SSSR count). The van der Waals surface area contributed by atoms with Gasteiger partial charge < -0.3 is 10.4 Å². The number of halogens is 1. The number of benzene rings is 1. The maximum absolute atomic E-state index is 12.9. The molecule has 2 N–H and O–H groups in total. The topological polar surface area (TPSA) is 66.4 Å². The largest absolute Gasteiger partial charge is 0.481 e. The Balaban J connectivity index is 2.02. The third-order valence-corrected chi connectivity index (χ3v) is 4.15. The minimum Gasteiger partial charge on any atom is -0.481 e. The number of carboxylic acids is 1. The van der Waals surface area contributed by atoms with Crippen molar-refractivity contribution in [1.82, 2.24) is 5.32 Å². The molecule has 0 bridgehead atoms. The molecule has 0 heterocycles. The number of carbonyl (C=O) groups is 2. The second-order valence-electron chi connectivity index (χ2n) is 5.62. The van der Waals surface area contributed by atoms with Crippen LogP contribution in [0.2, 0.25) is 0 Å². The molecule has 1 aromatic carbocycles. The van der Waals surface area contributed by atoms with Crippen LogP contribution < -0.4 is 5.32 Å². The molecule has 114 valence electrons. The normalized spacial score (nSPS) is 23.3. The van der Waals surface area contributed by atoms with E-state index in [4.69, 9.17) is 0 Å². The van der Waals surface area contributed by atoms with Gasteiger partial charge in [0, 0.05) is 0 Å². The van der Waals surface area contributed by atoms with Gasteiger partial charge in [0.25, 0.3) is 0 Å². The maximum atomic E-state index is 12.9. The highest BCUT2D eigenvalue weighted by molar-refractivity contribution is 5.85. The first-order valence-corrected chi connectivity index (χ1v) is 7.27. The van der Waals surface area contributed by atoms with Crippen LogP contribution in [-0.4, -0.2) is 17.0 Å². The van der Waals surface area contributed by atoms with E-state index in [-0.39, 0.29) is 17.8 Å². The molecule has 3 atom stereocenters. The third-order valence-electron chi connectivity index (χ3n) is 4.15. The number of hydrogen-bond donors (Lipinski definition) is 2. The van der Waals surface area contributed by atoms with Crippen LogP contribution >= 0.6 is 0 Å². The van der Waals surface area contributed by atoms with E-state index in [9.17, 15) is 19.1 Å². The summed E-state index contributed by atoms with van der Waals surface area (Å²) in [6.07, 6.45) is 2.90. The lowest BCUT2D eigenvalue weighted by atomic mass is 9.78. The zero-order valence-corrected chi connectivity index (χ0v) is 12.0. The molecular formula is C16H20FNO3. The van der Waals surface area contributed by atoms with Crippen LogP contribution in [0.5, 0.6) is 0 Å². The molecule has 1 amide bonds. The first kappa shape index (κ1) is 15.5. The second kappa shape index (κ2) is 6.70. The second-order valence-corrected chi connectivity index (χ2v) is 5.62. The molecule has 1 saturated carbocycles. The molecule has 0 saturated heterocycles. The number of nitrogens with one attached hydrogen (secondary N) is 1. The molecule has 0 spiro atoms. The lowest BCUT2D eigenvalue weighted by Gasteiger charge is -2.28. The first-order chi connectivity index (χ1) is 9.99. The molecule has 1 aliphatic carbocycles. The minimum atomic E-state index is -0.899. The molecule has 0 aromatic heterocycles. The van der Waals surface area contributed by atoms with Gasteiger partial charge in [-0.05, 0) is 37.5 Å². The van der Waals surface area contributed by atoms with Gasteiger partial charge in [-0.25, -0.2) is 4.39 Å². The Morgan fingerprint density at radius 3 is 2.33 bits per heavy atom. The third kappa shape index (κ3) is 3.80. The maximum Gasteiger partial charge on any atom is 0.307 e. The van der Waals surface area contributed by atoms with Crippen molar-refractivity contribution in [2.75, 3.05) is 0 Å². The van der Waals surface area contributed by atoms with E-state index in [0.29, 0.717) is 12.8 Å². The highest BCUT2D eigenvalue weighted by Crippen LogP contribution is 2.31. The van der Waals surface area contributed by atoms with Crippen molar-refractivity contribution in [3.63, 3.8) is 0 Å². The fourth-order valence-electron chi connectivity index (χ4n) is 2.90. The zero-order valence-electron chi connectivity index (χ0n) is 12.0. The van der Waals surface area contributed by atoms with Gasteiger partial charge in [0.2, 0.25) is 5.91 Å². The average molecular weight is 293 g/mol. The average Bonchev–Trinajstić information content (AvgIpc) is 2.47. The lowest BCUT2D eigenvalue weighted by molar-refractivity contribution is -0.149. The van der Waals surface area contributed by atoms with E-state index >= 15 is 0 Å². The zero-order chi connectivity index (χ0) is 15.4.